The molecule has 0 aliphatic heterocycles. The van der Waals surface area contributed by atoms with Crippen LogP contribution in [0.4, 0.5) is 0 Å². The smallest absolute Gasteiger partial charge is 0.266 e. The number of benzene rings is 1. The normalized spacial score (nSPS) is 10.6. The number of aromatic nitrogens is 1. The molecule has 0 bridgehead atoms. The van der Waals surface area contributed by atoms with Crippen molar-refractivity contribution in [3.63, 3.8) is 0 Å². The fourth-order valence-corrected chi connectivity index (χ4v) is 2.52. The number of oxazole rings is 1. The lowest BCUT2D eigenvalue weighted by Gasteiger charge is -2.05. The van der Waals surface area contributed by atoms with Gasteiger partial charge in [-0.15, -0.1) is 0 Å². The third-order valence-electron chi connectivity index (χ3n) is 2.54. The van der Waals surface area contributed by atoms with E-state index in [9.17, 15) is 0 Å². The topological polar surface area (TPSA) is 38.2 Å². The van der Waals surface area contributed by atoms with E-state index < -0.39 is 0 Å². The summed E-state index contributed by atoms with van der Waals surface area (Å²) < 4.78 is 10.9. The molecular formula is C14H17NO2S2. The van der Waals surface area contributed by atoms with Crippen LogP contribution in [-0.2, 0) is 5.75 Å². The Morgan fingerprint density at radius 3 is 2.79 bits per heavy atom. The molecule has 1 aromatic carbocycles. The van der Waals surface area contributed by atoms with Gasteiger partial charge in [-0.3, -0.25) is 0 Å². The summed E-state index contributed by atoms with van der Waals surface area (Å²) in [5.41, 5.74) is 1.25. The minimum atomic E-state index is 0.443. The molecule has 0 fully saturated rings. The fraction of sp³-hybridized carbons (Fsp3) is 0.357. The van der Waals surface area contributed by atoms with Crippen LogP contribution in [-0.4, -0.2) is 17.3 Å². The van der Waals surface area contributed by atoms with Gasteiger partial charge in [0.1, 0.15) is 11.5 Å². The first kappa shape index (κ1) is 14.2. The molecule has 1 aromatic heterocycles. The molecular weight excluding hydrogens is 278 g/mol. The third kappa shape index (κ3) is 5.12. The molecule has 0 atom stereocenters. The molecule has 1 heterocycles. The Labute approximate surface area is 122 Å². The molecule has 0 aliphatic carbocycles. The number of nitrogens with one attached hydrogen (secondary N) is 1. The van der Waals surface area contributed by atoms with E-state index in [-0.39, 0.29) is 0 Å². The molecule has 0 saturated carbocycles. The predicted molar refractivity (Wildman–Crippen MR) is 81.3 cm³/mol. The Bertz CT molecular complexity index is 545. The van der Waals surface area contributed by atoms with Crippen molar-refractivity contribution in [2.75, 3.05) is 12.4 Å². The number of aromatic amines is 1. The van der Waals surface area contributed by atoms with Crippen molar-refractivity contribution in [3.8, 4) is 5.75 Å². The van der Waals surface area contributed by atoms with Gasteiger partial charge >= 0.3 is 0 Å². The fourth-order valence-electron chi connectivity index (χ4n) is 1.55. The molecule has 3 nitrogen and oxygen atoms in total. The molecule has 5 heteroatoms. The molecule has 0 radical (unpaired) electrons. The Balaban J connectivity index is 1.57. The maximum atomic E-state index is 5.66. The van der Waals surface area contributed by atoms with Crippen LogP contribution in [0.15, 0.2) is 34.9 Å². The second-order valence-electron chi connectivity index (χ2n) is 4.21. The van der Waals surface area contributed by atoms with Crippen LogP contribution in [0, 0.1) is 11.8 Å². The third-order valence-corrected chi connectivity index (χ3v) is 3.81. The van der Waals surface area contributed by atoms with Gasteiger partial charge in [0.2, 0.25) is 0 Å². The van der Waals surface area contributed by atoms with E-state index in [0.29, 0.717) is 4.84 Å². The Hall–Kier alpha value is -1.20. The minimum Gasteiger partial charge on any atom is -0.494 e. The van der Waals surface area contributed by atoms with Crippen molar-refractivity contribution in [2.24, 2.45) is 0 Å². The van der Waals surface area contributed by atoms with Crippen LogP contribution < -0.4 is 4.74 Å². The zero-order valence-corrected chi connectivity index (χ0v) is 12.5. The van der Waals surface area contributed by atoms with Crippen LogP contribution in [0.2, 0.25) is 0 Å². The highest BCUT2D eigenvalue weighted by atomic mass is 32.2. The Morgan fingerprint density at radius 1 is 1.32 bits per heavy atom. The van der Waals surface area contributed by atoms with E-state index in [2.05, 4.69) is 24.0 Å². The molecule has 0 amide bonds. The van der Waals surface area contributed by atoms with Gasteiger partial charge in [-0.1, -0.05) is 17.7 Å². The molecule has 0 unspecified atom stereocenters. The summed E-state index contributed by atoms with van der Waals surface area (Å²) in [5.74, 6) is 3.72. The maximum Gasteiger partial charge on any atom is 0.266 e. The molecule has 2 aromatic rings. The Kier molecular flexibility index (Phi) is 5.54. The van der Waals surface area contributed by atoms with E-state index in [0.717, 1.165) is 36.0 Å². The first-order chi connectivity index (χ1) is 9.24. The molecule has 102 valence electrons. The largest absolute Gasteiger partial charge is 0.494 e. The van der Waals surface area contributed by atoms with Crippen LogP contribution in [0.3, 0.4) is 0 Å². The SMILES string of the molecule is Cc1ccc(OCCCSCc2c[nH]c(=S)o2)cc1. The van der Waals surface area contributed by atoms with Gasteiger partial charge in [-0.2, -0.15) is 11.8 Å². The standard InChI is InChI=1S/C14H17NO2S2/c1-11-3-5-12(6-4-11)16-7-2-8-19-10-13-9-15-14(18)17-13/h3-6,9H,2,7-8,10H2,1H3,(H,15,18). The van der Waals surface area contributed by atoms with Gasteiger partial charge in [0.05, 0.1) is 12.4 Å². The van der Waals surface area contributed by atoms with Crippen LogP contribution >= 0.6 is 24.0 Å². The average molecular weight is 295 g/mol. The summed E-state index contributed by atoms with van der Waals surface area (Å²) in [6, 6.07) is 8.13. The monoisotopic (exact) mass is 295 g/mol. The number of hydrogen-bond acceptors (Lipinski definition) is 4. The molecule has 2 rings (SSSR count). The van der Waals surface area contributed by atoms with Crippen molar-refractivity contribution < 1.29 is 9.15 Å². The zero-order chi connectivity index (χ0) is 13.5. The number of hydrogen-bond donors (Lipinski definition) is 1. The highest BCUT2D eigenvalue weighted by molar-refractivity contribution is 7.98. The van der Waals surface area contributed by atoms with Crippen molar-refractivity contribution in [3.05, 3.63) is 46.6 Å². The number of thioether (sulfide) groups is 1. The van der Waals surface area contributed by atoms with Gasteiger partial charge in [-0.05, 0) is 43.4 Å². The van der Waals surface area contributed by atoms with E-state index in [1.807, 2.05) is 30.1 Å². The zero-order valence-electron chi connectivity index (χ0n) is 10.8. The lowest BCUT2D eigenvalue weighted by atomic mass is 10.2. The average Bonchev–Trinajstić information content (AvgIpc) is 2.81. The number of rotatable bonds is 7. The van der Waals surface area contributed by atoms with E-state index in [4.69, 9.17) is 21.4 Å². The van der Waals surface area contributed by atoms with Crippen molar-refractivity contribution in [2.45, 2.75) is 19.1 Å². The summed E-state index contributed by atoms with van der Waals surface area (Å²) in [6.07, 6.45) is 2.84. The van der Waals surface area contributed by atoms with Crippen molar-refractivity contribution >= 4 is 24.0 Å². The second kappa shape index (κ2) is 7.40. The van der Waals surface area contributed by atoms with Crippen LogP contribution in [0.1, 0.15) is 17.7 Å². The van der Waals surface area contributed by atoms with Crippen LogP contribution in [0.25, 0.3) is 0 Å². The van der Waals surface area contributed by atoms with Gasteiger partial charge < -0.3 is 14.1 Å². The predicted octanol–water partition coefficient (Wildman–Crippen LogP) is 4.35. The number of ether oxygens (including phenoxy) is 1. The van der Waals surface area contributed by atoms with Gasteiger partial charge in [0, 0.05) is 6.20 Å². The minimum absolute atomic E-state index is 0.443. The van der Waals surface area contributed by atoms with Gasteiger partial charge in [0.25, 0.3) is 4.84 Å². The highest BCUT2D eigenvalue weighted by Crippen LogP contribution is 2.14. The summed E-state index contributed by atoms with van der Waals surface area (Å²) in [7, 11) is 0. The van der Waals surface area contributed by atoms with E-state index in [1.165, 1.54) is 5.56 Å². The summed E-state index contributed by atoms with van der Waals surface area (Å²) in [4.78, 5) is 3.30. The van der Waals surface area contributed by atoms with Crippen molar-refractivity contribution in [1.29, 1.82) is 0 Å². The summed E-state index contributed by atoms with van der Waals surface area (Å²) >= 11 is 6.68. The Morgan fingerprint density at radius 2 is 2.11 bits per heavy atom. The number of aryl methyl sites for hydroxylation is 1. The van der Waals surface area contributed by atoms with Crippen LogP contribution in [0.5, 0.6) is 5.75 Å². The summed E-state index contributed by atoms with van der Waals surface area (Å²) in [5, 5.41) is 0. The lowest BCUT2D eigenvalue weighted by molar-refractivity contribution is 0.318. The molecule has 19 heavy (non-hydrogen) atoms. The van der Waals surface area contributed by atoms with E-state index in [1.54, 1.807) is 0 Å². The molecule has 1 N–H and O–H groups in total. The molecule has 0 spiro atoms. The van der Waals surface area contributed by atoms with Crippen molar-refractivity contribution in [1.82, 2.24) is 4.98 Å². The van der Waals surface area contributed by atoms with Gasteiger partial charge in [-0.25, -0.2) is 0 Å². The first-order valence-electron chi connectivity index (χ1n) is 6.18. The lowest BCUT2D eigenvalue weighted by Crippen LogP contribution is -1.98. The number of H-pyrrole nitrogens is 1. The molecule has 0 aliphatic rings. The van der Waals surface area contributed by atoms with E-state index >= 15 is 0 Å². The summed E-state index contributed by atoms with van der Waals surface area (Å²) in [6.45, 7) is 2.81. The first-order valence-corrected chi connectivity index (χ1v) is 7.75. The van der Waals surface area contributed by atoms with Gasteiger partial charge in [0.15, 0.2) is 0 Å². The molecule has 0 saturated heterocycles. The highest BCUT2D eigenvalue weighted by Gasteiger charge is 1.98. The maximum absolute atomic E-state index is 5.66. The quantitative estimate of drug-likeness (QED) is 0.609. The second-order valence-corrected chi connectivity index (χ2v) is 5.69.